The summed E-state index contributed by atoms with van der Waals surface area (Å²) in [6.45, 7) is 3.41. The first-order valence-corrected chi connectivity index (χ1v) is 9.08. The van der Waals surface area contributed by atoms with Crippen molar-refractivity contribution in [2.75, 3.05) is 20.2 Å². The highest BCUT2D eigenvalue weighted by molar-refractivity contribution is 7.91. The van der Waals surface area contributed by atoms with Crippen molar-refractivity contribution in [3.63, 3.8) is 0 Å². The predicted octanol–water partition coefficient (Wildman–Crippen LogP) is 1.70. The van der Waals surface area contributed by atoms with Crippen molar-refractivity contribution in [2.24, 2.45) is 5.73 Å². The Bertz CT molecular complexity index is 548. The van der Waals surface area contributed by atoms with Gasteiger partial charge in [0.05, 0.1) is 6.10 Å². The summed E-state index contributed by atoms with van der Waals surface area (Å²) >= 11 is 1.26. The zero-order chi connectivity index (χ0) is 14.8. The average molecular weight is 318 g/mol. The lowest BCUT2D eigenvalue weighted by molar-refractivity contribution is 0.00860. The van der Waals surface area contributed by atoms with Gasteiger partial charge in [0.25, 0.3) is 10.0 Å². The number of rotatable bonds is 5. The van der Waals surface area contributed by atoms with Crippen LogP contribution in [0.5, 0.6) is 0 Å². The summed E-state index contributed by atoms with van der Waals surface area (Å²) in [5.74, 6) is 0. The third-order valence-corrected chi connectivity index (χ3v) is 7.11. The Morgan fingerprint density at radius 2 is 2.25 bits per heavy atom. The fourth-order valence-electron chi connectivity index (χ4n) is 2.31. The molecule has 1 saturated heterocycles. The molecule has 1 unspecified atom stereocenters. The van der Waals surface area contributed by atoms with Gasteiger partial charge in [-0.3, -0.25) is 0 Å². The van der Waals surface area contributed by atoms with Crippen LogP contribution in [-0.2, 0) is 21.3 Å². The Labute approximate surface area is 124 Å². The van der Waals surface area contributed by atoms with E-state index in [9.17, 15) is 8.42 Å². The fraction of sp³-hybridized carbons (Fsp3) is 0.692. The summed E-state index contributed by atoms with van der Waals surface area (Å²) < 4.78 is 32.4. The predicted molar refractivity (Wildman–Crippen MR) is 80.4 cm³/mol. The van der Waals surface area contributed by atoms with Crippen molar-refractivity contribution in [3.05, 3.63) is 16.5 Å². The van der Waals surface area contributed by atoms with Gasteiger partial charge < -0.3 is 10.5 Å². The normalized spacial score (nSPS) is 20.5. The summed E-state index contributed by atoms with van der Waals surface area (Å²) in [7, 11) is -1.82. The number of sulfonamides is 1. The van der Waals surface area contributed by atoms with Gasteiger partial charge >= 0.3 is 0 Å². The molecule has 1 fully saturated rings. The molecule has 114 valence electrons. The first-order valence-electron chi connectivity index (χ1n) is 6.82. The largest absolute Gasteiger partial charge is 0.377 e. The SMILES string of the molecule is Cc1cc(S(=O)(=O)N(C)CC2CCCCO2)sc1CN. The molecule has 7 heteroatoms. The number of nitrogens with zero attached hydrogens (tertiary/aromatic N) is 1. The number of ether oxygens (including phenoxy) is 1. The van der Waals surface area contributed by atoms with Crippen LogP contribution in [0.4, 0.5) is 0 Å². The number of hydrogen-bond donors (Lipinski definition) is 1. The smallest absolute Gasteiger partial charge is 0.252 e. The molecule has 2 rings (SSSR count). The second-order valence-electron chi connectivity index (χ2n) is 5.15. The molecule has 0 radical (unpaired) electrons. The number of likely N-dealkylation sites (N-methyl/N-ethyl adjacent to an activating group) is 1. The average Bonchev–Trinajstić information content (AvgIpc) is 2.81. The topological polar surface area (TPSA) is 72.6 Å². The van der Waals surface area contributed by atoms with Gasteiger partial charge in [-0.05, 0) is 37.8 Å². The van der Waals surface area contributed by atoms with Crippen molar-refractivity contribution in [2.45, 2.75) is 43.0 Å². The molecule has 0 bridgehead atoms. The van der Waals surface area contributed by atoms with Gasteiger partial charge in [-0.15, -0.1) is 11.3 Å². The molecule has 0 amide bonds. The molecule has 0 spiro atoms. The molecule has 20 heavy (non-hydrogen) atoms. The molecule has 0 aliphatic carbocycles. The van der Waals surface area contributed by atoms with Crippen LogP contribution in [0.1, 0.15) is 29.7 Å². The minimum absolute atomic E-state index is 0.0126. The zero-order valence-corrected chi connectivity index (χ0v) is 13.6. The van der Waals surface area contributed by atoms with Gasteiger partial charge in [0, 0.05) is 31.6 Å². The van der Waals surface area contributed by atoms with Crippen LogP contribution in [0.2, 0.25) is 0 Å². The first-order chi connectivity index (χ1) is 9.45. The molecule has 2 N–H and O–H groups in total. The third-order valence-electron chi connectivity index (χ3n) is 3.58. The highest BCUT2D eigenvalue weighted by Crippen LogP contribution is 2.28. The van der Waals surface area contributed by atoms with Gasteiger partial charge in [-0.1, -0.05) is 0 Å². The van der Waals surface area contributed by atoms with Gasteiger partial charge in [-0.25, -0.2) is 8.42 Å². The van der Waals surface area contributed by atoms with E-state index in [1.165, 1.54) is 15.6 Å². The van der Waals surface area contributed by atoms with Crippen molar-refractivity contribution in [1.29, 1.82) is 0 Å². The Morgan fingerprint density at radius 3 is 2.80 bits per heavy atom. The summed E-state index contributed by atoms with van der Waals surface area (Å²) in [6, 6.07) is 1.71. The molecule has 1 aliphatic rings. The molecule has 0 aromatic carbocycles. The van der Waals surface area contributed by atoms with Gasteiger partial charge in [0.15, 0.2) is 0 Å². The Balaban J connectivity index is 2.11. The monoisotopic (exact) mass is 318 g/mol. The van der Waals surface area contributed by atoms with E-state index in [-0.39, 0.29) is 6.10 Å². The summed E-state index contributed by atoms with van der Waals surface area (Å²) in [6.07, 6.45) is 3.11. The molecular weight excluding hydrogens is 296 g/mol. The molecule has 2 heterocycles. The van der Waals surface area contributed by atoms with E-state index in [0.717, 1.165) is 36.3 Å². The first kappa shape index (κ1) is 15.9. The highest BCUT2D eigenvalue weighted by Gasteiger charge is 2.27. The van der Waals surface area contributed by atoms with Crippen molar-refractivity contribution < 1.29 is 13.2 Å². The summed E-state index contributed by atoms with van der Waals surface area (Å²) in [4.78, 5) is 0.922. The zero-order valence-electron chi connectivity index (χ0n) is 12.0. The van der Waals surface area contributed by atoms with Gasteiger partial charge in [-0.2, -0.15) is 4.31 Å². The molecule has 0 saturated carbocycles. The number of hydrogen-bond acceptors (Lipinski definition) is 5. The van der Waals surface area contributed by atoms with E-state index in [0.29, 0.717) is 17.3 Å². The van der Waals surface area contributed by atoms with Crippen LogP contribution in [0.25, 0.3) is 0 Å². The van der Waals surface area contributed by atoms with E-state index >= 15 is 0 Å². The van der Waals surface area contributed by atoms with Crippen LogP contribution >= 0.6 is 11.3 Å². The van der Waals surface area contributed by atoms with E-state index in [4.69, 9.17) is 10.5 Å². The van der Waals surface area contributed by atoms with E-state index in [1.807, 2.05) is 6.92 Å². The quantitative estimate of drug-likeness (QED) is 0.897. The lowest BCUT2D eigenvalue weighted by Crippen LogP contribution is -2.36. The minimum atomic E-state index is -3.43. The molecule has 1 aromatic rings. The fourth-order valence-corrected chi connectivity index (χ4v) is 5.19. The van der Waals surface area contributed by atoms with Crippen molar-refractivity contribution in [3.8, 4) is 0 Å². The molecule has 1 aliphatic heterocycles. The lowest BCUT2D eigenvalue weighted by Gasteiger charge is -2.26. The van der Waals surface area contributed by atoms with E-state index in [2.05, 4.69) is 0 Å². The second-order valence-corrected chi connectivity index (χ2v) is 8.56. The van der Waals surface area contributed by atoms with Crippen LogP contribution in [0.3, 0.4) is 0 Å². The standard InChI is InChI=1S/C13H22N2O3S2/c1-10-7-13(19-12(10)8-14)20(16,17)15(2)9-11-5-3-4-6-18-11/h7,11H,3-6,8-9,14H2,1-2H3. The summed E-state index contributed by atoms with van der Waals surface area (Å²) in [5.41, 5.74) is 6.56. The Hall–Kier alpha value is -0.470. The maximum atomic E-state index is 12.5. The second kappa shape index (κ2) is 6.53. The minimum Gasteiger partial charge on any atom is -0.377 e. The van der Waals surface area contributed by atoms with Crippen molar-refractivity contribution >= 4 is 21.4 Å². The van der Waals surface area contributed by atoms with E-state index < -0.39 is 10.0 Å². The van der Waals surface area contributed by atoms with Crippen LogP contribution in [-0.4, -0.2) is 39.0 Å². The highest BCUT2D eigenvalue weighted by atomic mass is 32.2. The summed E-state index contributed by atoms with van der Waals surface area (Å²) in [5, 5.41) is 0. The van der Waals surface area contributed by atoms with Gasteiger partial charge in [0.2, 0.25) is 0 Å². The number of nitrogens with two attached hydrogens (primary N) is 1. The third kappa shape index (κ3) is 3.40. The van der Waals surface area contributed by atoms with Crippen molar-refractivity contribution in [1.82, 2.24) is 4.31 Å². The molecule has 1 aromatic heterocycles. The maximum absolute atomic E-state index is 12.5. The van der Waals surface area contributed by atoms with Crippen LogP contribution in [0.15, 0.2) is 10.3 Å². The van der Waals surface area contributed by atoms with E-state index in [1.54, 1.807) is 13.1 Å². The molecule has 5 nitrogen and oxygen atoms in total. The molecule has 1 atom stereocenters. The van der Waals surface area contributed by atoms with Crippen LogP contribution < -0.4 is 5.73 Å². The molecular formula is C13H22N2O3S2. The Kier molecular flexibility index (Phi) is 5.19. The maximum Gasteiger partial charge on any atom is 0.252 e. The number of aryl methyl sites for hydroxylation is 1. The number of thiophene rings is 1. The van der Waals surface area contributed by atoms with Crippen LogP contribution in [0, 0.1) is 6.92 Å². The lowest BCUT2D eigenvalue weighted by atomic mass is 10.1. The van der Waals surface area contributed by atoms with Gasteiger partial charge in [0.1, 0.15) is 4.21 Å². The Morgan fingerprint density at radius 1 is 1.50 bits per heavy atom.